The summed E-state index contributed by atoms with van der Waals surface area (Å²) in [4.78, 5) is 24.6. The van der Waals surface area contributed by atoms with E-state index in [9.17, 15) is 9.59 Å². The molecule has 2 aromatic carbocycles. The SMILES string of the molecule is COc1ccc(C(=O)NC(=S)Nc2cc(NC(=O)c3ccco3)ccc2OC)cc1Cl. The molecule has 160 valence electrons. The normalized spacial score (nSPS) is 10.2. The summed E-state index contributed by atoms with van der Waals surface area (Å²) in [5.74, 6) is 0.222. The number of ether oxygens (including phenoxy) is 2. The predicted octanol–water partition coefficient (Wildman–Crippen LogP) is 4.33. The second-order valence-corrected chi connectivity index (χ2v) is 6.92. The lowest BCUT2D eigenvalue weighted by molar-refractivity contribution is 0.0975. The second kappa shape index (κ2) is 9.96. The first-order chi connectivity index (χ1) is 14.9. The molecule has 2 amide bonds. The average molecular weight is 460 g/mol. The van der Waals surface area contributed by atoms with Crippen molar-refractivity contribution in [1.29, 1.82) is 0 Å². The van der Waals surface area contributed by atoms with E-state index in [4.69, 9.17) is 37.7 Å². The van der Waals surface area contributed by atoms with Gasteiger partial charge in [-0.05, 0) is 60.7 Å². The molecule has 1 heterocycles. The number of hydrogen-bond donors (Lipinski definition) is 3. The Bertz CT molecular complexity index is 1120. The fraction of sp³-hybridized carbons (Fsp3) is 0.0952. The van der Waals surface area contributed by atoms with Crippen LogP contribution in [0.25, 0.3) is 0 Å². The van der Waals surface area contributed by atoms with E-state index in [1.807, 2.05) is 0 Å². The Morgan fingerprint density at radius 2 is 1.71 bits per heavy atom. The molecule has 0 bridgehead atoms. The Kier molecular flexibility index (Phi) is 7.11. The lowest BCUT2D eigenvalue weighted by Gasteiger charge is -2.15. The van der Waals surface area contributed by atoms with Gasteiger partial charge in [-0.25, -0.2) is 0 Å². The fourth-order valence-corrected chi connectivity index (χ4v) is 3.08. The number of rotatable bonds is 6. The van der Waals surface area contributed by atoms with Gasteiger partial charge in [-0.1, -0.05) is 11.6 Å². The molecule has 0 fully saturated rings. The molecule has 0 aliphatic heterocycles. The maximum absolute atomic E-state index is 12.5. The van der Waals surface area contributed by atoms with Crippen LogP contribution in [-0.4, -0.2) is 31.1 Å². The zero-order chi connectivity index (χ0) is 22.4. The number of methoxy groups -OCH3 is 2. The Morgan fingerprint density at radius 3 is 2.35 bits per heavy atom. The van der Waals surface area contributed by atoms with Crippen LogP contribution < -0.4 is 25.4 Å². The number of benzene rings is 2. The van der Waals surface area contributed by atoms with E-state index in [-0.39, 0.29) is 10.9 Å². The number of carbonyl (C=O) groups is 2. The summed E-state index contributed by atoms with van der Waals surface area (Å²) in [6, 6.07) is 12.7. The van der Waals surface area contributed by atoms with Crippen LogP contribution in [0.5, 0.6) is 11.5 Å². The Balaban J connectivity index is 1.70. The molecule has 10 heteroatoms. The molecule has 8 nitrogen and oxygen atoms in total. The fourth-order valence-electron chi connectivity index (χ4n) is 2.62. The Labute approximate surface area is 188 Å². The van der Waals surface area contributed by atoms with E-state index in [1.165, 1.54) is 26.5 Å². The van der Waals surface area contributed by atoms with E-state index >= 15 is 0 Å². The summed E-state index contributed by atoms with van der Waals surface area (Å²) in [6.45, 7) is 0. The van der Waals surface area contributed by atoms with E-state index in [2.05, 4.69) is 16.0 Å². The number of hydrogen-bond acceptors (Lipinski definition) is 6. The monoisotopic (exact) mass is 459 g/mol. The standard InChI is InChI=1S/C21H18ClN3O5S/c1-28-16-7-5-12(10-14(16)22)19(26)25-21(31)24-15-11-13(6-8-17(15)29-2)23-20(27)18-4-3-9-30-18/h3-11H,1-2H3,(H,23,27)(H2,24,25,26,31). The van der Waals surface area contributed by atoms with Crippen LogP contribution in [0.4, 0.5) is 11.4 Å². The molecular weight excluding hydrogens is 442 g/mol. The first-order valence-corrected chi connectivity index (χ1v) is 9.68. The highest BCUT2D eigenvalue weighted by atomic mass is 35.5. The number of anilines is 2. The minimum atomic E-state index is -0.455. The van der Waals surface area contributed by atoms with Crippen LogP contribution in [0.3, 0.4) is 0 Å². The third kappa shape index (κ3) is 5.53. The third-order valence-corrected chi connectivity index (χ3v) is 4.59. The van der Waals surface area contributed by atoms with Crippen molar-refractivity contribution >= 4 is 52.1 Å². The number of furan rings is 1. The minimum absolute atomic E-state index is 0.0322. The maximum Gasteiger partial charge on any atom is 0.291 e. The molecule has 31 heavy (non-hydrogen) atoms. The van der Waals surface area contributed by atoms with Crippen molar-refractivity contribution in [3.8, 4) is 11.5 Å². The van der Waals surface area contributed by atoms with Crippen LogP contribution in [0.2, 0.25) is 5.02 Å². The van der Waals surface area contributed by atoms with Gasteiger partial charge in [-0.2, -0.15) is 0 Å². The molecule has 0 atom stereocenters. The zero-order valence-electron chi connectivity index (χ0n) is 16.5. The smallest absolute Gasteiger partial charge is 0.291 e. The van der Waals surface area contributed by atoms with Crippen molar-refractivity contribution in [3.05, 3.63) is 71.1 Å². The summed E-state index contributed by atoms with van der Waals surface area (Å²) in [5.41, 5.74) is 1.22. The highest BCUT2D eigenvalue weighted by molar-refractivity contribution is 7.80. The molecule has 1 aromatic heterocycles. The molecule has 3 rings (SSSR count). The van der Waals surface area contributed by atoms with Crippen molar-refractivity contribution in [3.63, 3.8) is 0 Å². The molecule has 0 saturated carbocycles. The van der Waals surface area contributed by atoms with Gasteiger partial charge < -0.3 is 24.5 Å². The Hall–Kier alpha value is -3.56. The number of nitrogens with one attached hydrogen (secondary N) is 3. The largest absolute Gasteiger partial charge is 0.495 e. The van der Waals surface area contributed by atoms with Crippen molar-refractivity contribution < 1.29 is 23.5 Å². The Morgan fingerprint density at radius 1 is 0.968 bits per heavy atom. The number of amides is 2. The number of carbonyl (C=O) groups excluding carboxylic acids is 2. The van der Waals surface area contributed by atoms with Gasteiger partial charge in [0, 0.05) is 11.3 Å². The topological polar surface area (TPSA) is 102 Å². The maximum atomic E-state index is 12.5. The van der Waals surface area contributed by atoms with Crippen LogP contribution in [-0.2, 0) is 0 Å². The van der Waals surface area contributed by atoms with Gasteiger partial charge in [0.2, 0.25) is 0 Å². The molecule has 3 aromatic rings. The summed E-state index contributed by atoms with van der Waals surface area (Å²) in [6.07, 6.45) is 1.41. The second-order valence-electron chi connectivity index (χ2n) is 6.10. The number of thiocarbonyl (C=S) groups is 1. The van der Waals surface area contributed by atoms with Crippen LogP contribution >= 0.6 is 23.8 Å². The van der Waals surface area contributed by atoms with Gasteiger partial charge in [-0.3, -0.25) is 14.9 Å². The van der Waals surface area contributed by atoms with Crippen molar-refractivity contribution in [2.75, 3.05) is 24.9 Å². The van der Waals surface area contributed by atoms with E-state index in [1.54, 1.807) is 42.5 Å². The molecule has 0 aliphatic rings. The van der Waals surface area contributed by atoms with Gasteiger partial charge >= 0.3 is 0 Å². The predicted molar refractivity (Wildman–Crippen MR) is 121 cm³/mol. The highest BCUT2D eigenvalue weighted by Crippen LogP contribution is 2.28. The molecule has 0 saturated heterocycles. The van der Waals surface area contributed by atoms with Crippen molar-refractivity contribution in [2.24, 2.45) is 0 Å². The van der Waals surface area contributed by atoms with Gasteiger partial charge in [-0.15, -0.1) is 0 Å². The third-order valence-electron chi connectivity index (χ3n) is 4.09. The van der Waals surface area contributed by atoms with Crippen LogP contribution in [0, 0.1) is 0 Å². The quantitative estimate of drug-likeness (QED) is 0.471. The summed E-state index contributed by atoms with van der Waals surface area (Å²) < 4.78 is 15.5. The summed E-state index contributed by atoms with van der Waals surface area (Å²) in [5, 5.41) is 8.50. The molecule has 3 N–H and O–H groups in total. The molecule has 0 radical (unpaired) electrons. The average Bonchev–Trinajstić information content (AvgIpc) is 3.29. The molecule has 0 aliphatic carbocycles. The van der Waals surface area contributed by atoms with Gasteiger partial charge in [0.25, 0.3) is 11.8 Å². The van der Waals surface area contributed by atoms with Gasteiger partial charge in [0.1, 0.15) is 11.5 Å². The van der Waals surface area contributed by atoms with E-state index < -0.39 is 11.8 Å². The highest BCUT2D eigenvalue weighted by Gasteiger charge is 2.14. The molecule has 0 spiro atoms. The lowest BCUT2D eigenvalue weighted by atomic mass is 10.2. The van der Waals surface area contributed by atoms with E-state index in [0.29, 0.717) is 33.5 Å². The lowest BCUT2D eigenvalue weighted by Crippen LogP contribution is -2.34. The first-order valence-electron chi connectivity index (χ1n) is 8.90. The zero-order valence-corrected chi connectivity index (χ0v) is 18.1. The summed E-state index contributed by atoms with van der Waals surface area (Å²) in [7, 11) is 2.97. The molecule has 0 unspecified atom stereocenters. The van der Waals surface area contributed by atoms with Crippen molar-refractivity contribution in [2.45, 2.75) is 0 Å². The minimum Gasteiger partial charge on any atom is -0.495 e. The van der Waals surface area contributed by atoms with Gasteiger partial charge in [0.05, 0.1) is 31.2 Å². The van der Waals surface area contributed by atoms with E-state index in [0.717, 1.165) is 0 Å². The first kappa shape index (κ1) is 22.1. The van der Waals surface area contributed by atoms with Crippen LogP contribution in [0.1, 0.15) is 20.9 Å². The van der Waals surface area contributed by atoms with Crippen molar-refractivity contribution in [1.82, 2.24) is 5.32 Å². The number of halogens is 1. The van der Waals surface area contributed by atoms with Gasteiger partial charge in [0.15, 0.2) is 10.9 Å². The molecular formula is C21H18ClN3O5S. The van der Waals surface area contributed by atoms with Crippen LogP contribution in [0.15, 0.2) is 59.2 Å². The summed E-state index contributed by atoms with van der Waals surface area (Å²) >= 11 is 11.3.